The number of pyridine rings is 1. The zero-order chi connectivity index (χ0) is 21.5. The van der Waals surface area contributed by atoms with E-state index in [-0.39, 0.29) is 11.5 Å². The van der Waals surface area contributed by atoms with E-state index in [0.29, 0.717) is 18.4 Å². The number of aryl methyl sites for hydroxylation is 1. The number of piperazine rings is 1. The highest BCUT2D eigenvalue weighted by Gasteiger charge is 2.35. The first kappa shape index (κ1) is 20.5. The van der Waals surface area contributed by atoms with Crippen LogP contribution in [0.3, 0.4) is 0 Å². The van der Waals surface area contributed by atoms with Crippen LogP contribution in [0.15, 0.2) is 29.3 Å². The number of fused-ring (bicyclic) bond motifs is 4. The van der Waals surface area contributed by atoms with Gasteiger partial charge in [0.25, 0.3) is 5.56 Å². The van der Waals surface area contributed by atoms with Gasteiger partial charge in [-0.3, -0.25) is 24.1 Å². The number of rotatable bonds is 4. The van der Waals surface area contributed by atoms with E-state index >= 15 is 0 Å². The van der Waals surface area contributed by atoms with Crippen molar-refractivity contribution in [3.8, 4) is 0 Å². The van der Waals surface area contributed by atoms with Gasteiger partial charge in [-0.05, 0) is 18.4 Å². The summed E-state index contributed by atoms with van der Waals surface area (Å²) in [6.45, 7) is 9.23. The third-order valence-corrected chi connectivity index (χ3v) is 7.13. The molecule has 3 aliphatic heterocycles. The molecule has 8 nitrogen and oxygen atoms in total. The van der Waals surface area contributed by atoms with Crippen LogP contribution in [0, 0.1) is 5.92 Å². The van der Waals surface area contributed by atoms with Crippen molar-refractivity contribution >= 4 is 5.91 Å². The van der Waals surface area contributed by atoms with Gasteiger partial charge in [0.15, 0.2) is 0 Å². The second-order valence-corrected chi connectivity index (χ2v) is 9.50. The number of carbonyl (C=O) groups is 1. The number of piperidine rings is 1. The maximum Gasteiger partial charge on any atom is 0.255 e. The zero-order valence-electron chi connectivity index (χ0n) is 18.5. The smallest absolute Gasteiger partial charge is 0.255 e. The molecular formula is C23H32N6O2. The van der Waals surface area contributed by atoms with Gasteiger partial charge in [-0.2, -0.15) is 5.10 Å². The maximum atomic E-state index is 13.3. The van der Waals surface area contributed by atoms with Gasteiger partial charge in [0, 0.05) is 102 Å². The molecule has 0 aliphatic carbocycles. The lowest BCUT2D eigenvalue weighted by Gasteiger charge is -2.43. The second kappa shape index (κ2) is 8.24. The molecule has 0 unspecified atom stereocenters. The summed E-state index contributed by atoms with van der Waals surface area (Å²) in [5, 5.41) is 4.29. The third-order valence-electron chi connectivity index (χ3n) is 7.13. The van der Waals surface area contributed by atoms with Crippen LogP contribution in [0.25, 0.3) is 0 Å². The molecule has 0 saturated carbocycles. The lowest BCUT2D eigenvalue weighted by Crippen LogP contribution is -2.49. The Morgan fingerprint density at radius 3 is 2.58 bits per heavy atom. The molecule has 2 bridgehead atoms. The Morgan fingerprint density at radius 2 is 1.87 bits per heavy atom. The highest BCUT2D eigenvalue weighted by Crippen LogP contribution is 2.35. The van der Waals surface area contributed by atoms with Gasteiger partial charge in [-0.15, -0.1) is 0 Å². The SMILES string of the molecule is CC(=O)N1CCN(Cc2ccc3n(c2=O)C[C@H]2C[C@@H]3CN(Cc3cnn(C)c3)C2)CC1. The lowest BCUT2D eigenvalue weighted by atomic mass is 9.83. The van der Waals surface area contributed by atoms with Crippen molar-refractivity contribution in [2.24, 2.45) is 13.0 Å². The standard InChI is InChI=1S/C23H32N6O2/c1-17(30)28-7-5-26(6-8-28)15-20-3-4-22-21-9-18(14-29(22)23(20)31)12-27(16-21)13-19-10-24-25(2)11-19/h3-4,10-11,18,21H,5-9,12-16H2,1-2H3/t18-,21+/m0/s1. The molecule has 5 heterocycles. The molecule has 0 radical (unpaired) electrons. The summed E-state index contributed by atoms with van der Waals surface area (Å²) in [6.07, 6.45) is 5.21. The number of aromatic nitrogens is 3. The van der Waals surface area contributed by atoms with Gasteiger partial charge >= 0.3 is 0 Å². The van der Waals surface area contributed by atoms with Gasteiger partial charge in [0.2, 0.25) is 5.91 Å². The molecule has 5 rings (SSSR count). The molecule has 3 aliphatic rings. The van der Waals surface area contributed by atoms with Gasteiger partial charge in [-0.1, -0.05) is 6.07 Å². The van der Waals surface area contributed by atoms with Gasteiger partial charge in [0.05, 0.1) is 6.20 Å². The Kier molecular flexibility index (Phi) is 5.44. The van der Waals surface area contributed by atoms with Crippen molar-refractivity contribution in [1.29, 1.82) is 0 Å². The summed E-state index contributed by atoms with van der Waals surface area (Å²) in [4.78, 5) is 31.6. The van der Waals surface area contributed by atoms with Crippen molar-refractivity contribution in [3.05, 3.63) is 51.7 Å². The Labute approximate surface area is 183 Å². The Morgan fingerprint density at radius 1 is 1.06 bits per heavy atom. The van der Waals surface area contributed by atoms with Crippen molar-refractivity contribution in [1.82, 2.24) is 29.0 Å². The number of carbonyl (C=O) groups excluding carboxylic acids is 1. The molecule has 31 heavy (non-hydrogen) atoms. The number of likely N-dealkylation sites (tertiary alicyclic amines) is 1. The molecule has 166 valence electrons. The summed E-state index contributed by atoms with van der Waals surface area (Å²) in [7, 11) is 1.96. The van der Waals surface area contributed by atoms with Crippen molar-refractivity contribution in [2.75, 3.05) is 39.3 Å². The predicted molar refractivity (Wildman–Crippen MR) is 118 cm³/mol. The van der Waals surface area contributed by atoms with E-state index in [9.17, 15) is 9.59 Å². The summed E-state index contributed by atoms with van der Waals surface area (Å²) in [5.41, 5.74) is 3.51. The van der Waals surface area contributed by atoms with E-state index in [1.807, 2.05) is 28.9 Å². The first-order valence-electron chi connectivity index (χ1n) is 11.4. The van der Waals surface area contributed by atoms with E-state index in [0.717, 1.165) is 57.9 Å². The van der Waals surface area contributed by atoms with Crippen LogP contribution in [0.4, 0.5) is 0 Å². The topological polar surface area (TPSA) is 66.6 Å². The summed E-state index contributed by atoms with van der Waals surface area (Å²) in [6, 6.07) is 4.24. The molecule has 0 aromatic carbocycles. The molecule has 2 saturated heterocycles. The minimum Gasteiger partial charge on any atom is -0.340 e. The van der Waals surface area contributed by atoms with Gasteiger partial charge in [-0.25, -0.2) is 0 Å². The van der Waals surface area contributed by atoms with E-state index in [4.69, 9.17) is 0 Å². The van der Waals surface area contributed by atoms with Crippen LogP contribution in [0.1, 0.15) is 36.1 Å². The minimum atomic E-state index is 0.137. The predicted octanol–water partition coefficient (Wildman–Crippen LogP) is 0.865. The molecule has 0 spiro atoms. The summed E-state index contributed by atoms with van der Waals surface area (Å²) >= 11 is 0. The molecule has 0 N–H and O–H groups in total. The van der Waals surface area contributed by atoms with Crippen molar-refractivity contribution < 1.29 is 4.79 Å². The Hall–Kier alpha value is -2.45. The minimum absolute atomic E-state index is 0.137. The van der Waals surface area contributed by atoms with E-state index < -0.39 is 0 Å². The highest BCUT2D eigenvalue weighted by molar-refractivity contribution is 5.73. The fourth-order valence-corrected chi connectivity index (χ4v) is 5.61. The lowest BCUT2D eigenvalue weighted by molar-refractivity contribution is -0.130. The molecule has 2 aromatic rings. The summed E-state index contributed by atoms with van der Waals surface area (Å²) < 4.78 is 3.91. The van der Waals surface area contributed by atoms with Crippen LogP contribution in [0.5, 0.6) is 0 Å². The number of hydrogen-bond donors (Lipinski definition) is 0. The first-order valence-corrected chi connectivity index (χ1v) is 11.4. The van der Waals surface area contributed by atoms with E-state index in [1.165, 1.54) is 17.7 Å². The van der Waals surface area contributed by atoms with Crippen LogP contribution in [0.2, 0.25) is 0 Å². The Balaban J connectivity index is 1.28. The second-order valence-electron chi connectivity index (χ2n) is 9.50. The van der Waals surface area contributed by atoms with Gasteiger partial charge < -0.3 is 9.47 Å². The van der Waals surface area contributed by atoms with Crippen LogP contribution in [-0.2, 0) is 31.5 Å². The number of hydrogen-bond acceptors (Lipinski definition) is 5. The number of nitrogens with zero attached hydrogens (tertiary/aromatic N) is 6. The van der Waals surface area contributed by atoms with E-state index in [2.05, 4.69) is 31.7 Å². The fraction of sp³-hybridized carbons (Fsp3) is 0.609. The molecule has 1 amide bonds. The van der Waals surface area contributed by atoms with Gasteiger partial charge in [0.1, 0.15) is 0 Å². The van der Waals surface area contributed by atoms with Crippen LogP contribution < -0.4 is 5.56 Å². The quantitative estimate of drug-likeness (QED) is 0.729. The fourth-order valence-electron chi connectivity index (χ4n) is 5.61. The van der Waals surface area contributed by atoms with Crippen LogP contribution >= 0.6 is 0 Å². The molecule has 2 aromatic heterocycles. The van der Waals surface area contributed by atoms with Crippen molar-refractivity contribution in [2.45, 2.75) is 38.9 Å². The monoisotopic (exact) mass is 424 g/mol. The third kappa shape index (κ3) is 4.19. The highest BCUT2D eigenvalue weighted by atomic mass is 16.2. The summed E-state index contributed by atoms with van der Waals surface area (Å²) in [5.74, 6) is 1.08. The molecule has 2 fully saturated rings. The van der Waals surface area contributed by atoms with E-state index in [1.54, 1.807) is 6.92 Å². The average molecular weight is 425 g/mol. The first-order chi connectivity index (χ1) is 15.0. The van der Waals surface area contributed by atoms with Crippen LogP contribution in [-0.4, -0.2) is 74.2 Å². The normalized spacial score (nSPS) is 24.3. The van der Waals surface area contributed by atoms with Crippen molar-refractivity contribution in [3.63, 3.8) is 0 Å². The zero-order valence-corrected chi connectivity index (χ0v) is 18.5. The molecule has 8 heteroatoms. The maximum absolute atomic E-state index is 13.3. The molecular weight excluding hydrogens is 392 g/mol. The Bertz CT molecular complexity index is 1020. The average Bonchev–Trinajstić information content (AvgIpc) is 3.15. The largest absolute Gasteiger partial charge is 0.340 e. The number of amides is 1. The molecule has 2 atom stereocenters.